The van der Waals surface area contributed by atoms with Crippen molar-refractivity contribution in [3.8, 4) is 0 Å². The van der Waals surface area contributed by atoms with E-state index >= 15 is 0 Å². The first-order valence-corrected chi connectivity index (χ1v) is 9.58. The van der Waals surface area contributed by atoms with Crippen LogP contribution in [0.4, 0.5) is 13.2 Å². The Hall–Kier alpha value is -2.58. The summed E-state index contributed by atoms with van der Waals surface area (Å²) in [5.41, 5.74) is -0.350. The molecule has 1 fully saturated rings. The van der Waals surface area contributed by atoms with E-state index < -0.39 is 23.6 Å². The van der Waals surface area contributed by atoms with Crippen molar-refractivity contribution in [3.63, 3.8) is 0 Å². The molecule has 1 saturated heterocycles. The maximum Gasteiger partial charge on any atom is 0.416 e. The van der Waals surface area contributed by atoms with Crippen molar-refractivity contribution < 1.29 is 32.3 Å². The van der Waals surface area contributed by atoms with Gasteiger partial charge in [-0.05, 0) is 37.5 Å². The van der Waals surface area contributed by atoms with Gasteiger partial charge in [-0.3, -0.25) is 14.4 Å². The Morgan fingerprint density at radius 3 is 2.45 bits per heavy atom. The number of likely N-dealkylation sites (tertiary alicyclic amines) is 1. The average Bonchev–Trinajstić information content (AvgIpc) is 2.85. The maximum absolute atomic E-state index is 12.8. The summed E-state index contributed by atoms with van der Waals surface area (Å²) in [4.78, 5) is 39.5. The van der Waals surface area contributed by atoms with Crippen LogP contribution in [-0.4, -0.2) is 53.8 Å². The molecule has 1 aromatic carbocycles. The van der Waals surface area contributed by atoms with Crippen LogP contribution in [0.15, 0.2) is 24.3 Å². The van der Waals surface area contributed by atoms with Crippen molar-refractivity contribution in [2.24, 2.45) is 0 Å². The first-order chi connectivity index (χ1) is 13.7. The lowest BCUT2D eigenvalue weighted by Crippen LogP contribution is -2.44. The molecule has 1 heterocycles. The number of rotatable bonds is 7. The van der Waals surface area contributed by atoms with Gasteiger partial charge >= 0.3 is 12.1 Å². The molecule has 6 nitrogen and oxygen atoms in total. The molecule has 0 aliphatic carbocycles. The fourth-order valence-electron chi connectivity index (χ4n) is 3.08. The fraction of sp³-hybridized carbons (Fsp3) is 0.550. The fourth-order valence-corrected chi connectivity index (χ4v) is 3.08. The molecule has 0 aromatic heterocycles. The molecule has 2 amide bonds. The Morgan fingerprint density at radius 2 is 1.83 bits per heavy atom. The van der Waals surface area contributed by atoms with E-state index in [1.807, 2.05) is 0 Å². The normalized spacial score (nSPS) is 15.0. The van der Waals surface area contributed by atoms with E-state index in [2.05, 4.69) is 0 Å². The minimum absolute atomic E-state index is 0.0577. The Balaban J connectivity index is 2.11. The van der Waals surface area contributed by atoms with Gasteiger partial charge in [-0.2, -0.15) is 13.2 Å². The lowest BCUT2D eigenvalue weighted by molar-refractivity contribution is -0.150. The number of ether oxygens (including phenoxy) is 1. The molecular weight excluding hydrogens is 389 g/mol. The van der Waals surface area contributed by atoms with E-state index in [0.29, 0.717) is 18.5 Å². The summed E-state index contributed by atoms with van der Waals surface area (Å²) in [6, 6.07) is 4.40. The number of halogens is 3. The van der Waals surface area contributed by atoms with Gasteiger partial charge < -0.3 is 14.5 Å². The van der Waals surface area contributed by atoms with Crippen molar-refractivity contribution in [2.45, 2.75) is 45.3 Å². The summed E-state index contributed by atoms with van der Waals surface area (Å²) in [5, 5.41) is 0. The number of nitrogens with zero attached hydrogens (tertiary/aromatic N) is 2. The second kappa shape index (κ2) is 10.3. The van der Waals surface area contributed by atoms with E-state index in [-0.39, 0.29) is 32.1 Å². The van der Waals surface area contributed by atoms with E-state index in [1.165, 1.54) is 21.9 Å². The van der Waals surface area contributed by atoms with Crippen LogP contribution in [0.2, 0.25) is 0 Å². The van der Waals surface area contributed by atoms with Gasteiger partial charge in [0.2, 0.25) is 11.8 Å². The lowest BCUT2D eigenvalue weighted by Gasteiger charge is -2.26. The number of hydrogen-bond donors (Lipinski definition) is 0. The molecule has 9 heteroatoms. The zero-order valence-electron chi connectivity index (χ0n) is 16.3. The largest absolute Gasteiger partial charge is 0.465 e. The van der Waals surface area contributed by atoms with E-state index in [9.17, 15) is 27.6 Å². The molecule has 0 radical (unpaired) electrons. The van der Waals surface area contributed by atoms with Gasteiger partial charge in [-0.25, -0.2) is 0 Å². The van der Waals surface area contributed by atoms with Gasteiger partial charge in [0.1, 0.15) is 6.54 Å². The zero-order valence-corrected chi connectivity index (χ0v) is 16.3. The third-order valence-electron chi connectivity index (χ3n) is 4.63. The summed E-state index contributed by atoms with van der Waals surface area (Å²) in [5.74, 6) is -1.18. The van der Waals surface area contributed by atoms with Crippen LogP contribution < -0.4 is 0 Å². The predicted octanol–water partition coefficient (Wildman–Crippen LogP) is 3.00. The van der Waals surface area contributed by atoms with Crippen molar-refractivity contribution in [1.29, 1.82) is 0 Å². The summed E-state index contributed by atoms with van der Waals surface area (Å²) in [7, 11) is 0. The molecule has 160 valence electrons. The minimum Gasteiger partial charge on any atom is -0.465 e. The van der Waals surface area contributed by atoms with Gasteiger partial charge in [-0.15, -0.1) is 0 Å². The third-order valence-corrected chi connectivity index (χ3v) is 4.63. The standard InChI is InChI=1S/C20H25F3N2O4/c1-2-29-19(28)14-25(12-15-7-9-16(10-8-15)20(21,22)23)18(27)13-24-11-5-3-4-6-17(24)26/h7-10H,2-6,11-14H2,1H3. The van der Waals surface area contributed by atoms with Gasteiger partial charge in [0.05, 0.1) is 18.7 Å². The topological polar surface area (TPSA) is 66.9 Å². The van der Waals surface area contributed by atoms with Crippen LogP contribution in [0.3, 0.4) is 0 Å². The van der Waals surface area contributed by atoms with Crippen LogP contribution >= 0.6 is 0 Å². The van der Waals surface area contributed by atoms with Crippen molar-refractivity contribution in [3.05, 3.63) is 35.4 Å². The van der Waals surface area contributed by atoms with Gasteiger partial charge in [0.25, 0.3) is 0 Å². The molecule has 0 N–H and O–H groups in total. The van der Waals surface area contributed by atoms with Crippen molar-refractivity contribution in [1.82, 2.24) is 9.80 Å². The van der Waals surface area contributed by atoms with E-state index in [4.69, 9.17) is 4.74 Å². The molecular formula is C20H25F3N2O4. The maximum atomic E-state index is 12.8. The summed E-state index contributed by atoms with van der Waals surface area (Å²) >= 11 is 0. The number of carbonyl (C=O) groups excluding carboxylic acids is 3. The number of alkyl halides is 3. The molecule has 0 saturated carbocycles. The Kier molecular flexibility index (Phi) is 8.04. The highest BCUT2D eigenvalue weighted by Crippen LogP contribution is 2.29. The number of carbonyl (C=O) groups is 3. The van der Waals surface area contributed by atoms with Crippen molar-refractivity contribution >= 4 is 17.8 Å². The monoisotopic (exact) mass is 414 g/mol. The van der Waals surface area contributed by atoms with E-state index in [1.54, 1.807) is 6.92 Å². The van der Waals surface area contributed by atoms with Crippen LogP contribution in [0, 0.1) is 0 Å². The number of esters is 1. The van der Waals surface area contributed by atoms with Crippen LogP contribution in [0.5, 0.6) is 0 Å². The first-order valence-electron chi connectivity index (χ1n) is 9.58. The molecule has 1 aliphatic heterocycles. The van der Waals surface area contributed by atoms with E-state index in [0.717, 1.165) is 31.4 Å². The molecule has 2 rings (SSSR count). The highest BCUT2D eigenvalue weighted by molar-refractivity contribution is 5.87. The highest BCUT2D eigenvalue weighted by atomic mass is 19.4. The predicted molar refractivity (Wildman–Crippen MR) is 98.5 cm³/mol. The molecule has 1 aromatic rings. The summed E-state index contributed by atoms with van der Waals surface area (Å²) in [6.07, 6.45) is -1.58. The zero-order chi connectivity index (χ0) is 21.4. The molecule has 1 aliphatic rings. The first kappa shape index (κ1) is 22.7. The van der Waals surface area contributed by atoms with Gasteiger partial charge in [-0.1, -0.05) is 18.6 Å². The van der Waals surface area contributed by atoms with Crippen molar-refractivity contribution in [2.75, 3.05) is 26.2 Å². The Labute approximate surface area is 167 Å². The van der Waals surface area contributed by atoms with Gasteiger partial charge in [0.15, 0.2) is 0 Å². The number of amides is 2. The van der Waals surface area contributed by atoms with Crippen LogP contribution in [0.1, 0.15) is 43.7 Å². The van der Waals surface area contributed by atoms with Gasteiger partial charge in [0, 0.05) is 19.5 Å². The second-order valence-corrected chi connectivity index (χ2v) is 6.88. The molecule has 0 bridgehead atoms. The number of benzene rings is 1. The third kappa shape index (κ3) is 7.07. The van der Waals surface area contributed by atoms with Crippen LogP contribution in [0.25, 0.3) is 0 Å². The Bertz CT molecular complexity index is 719. The second-order valence-electron chi connectivity index (χ2n) is 6.88. The van der Waals surface area contributed by atoms with Crippen LogP contribution in [-0.2, 0) is 31.8 Å². The summed E-state index contributed by atoms with van der Waals surface area (Å²) in [6.45, 7) is 1.69. The smallest absolute Gasteiger partial charge is 0.416 e. The average molecular weight is 414 g/mol. The molecule has 29 heavy (non-hydrogen) atoms. The highest BCUT2D eigenvalue weighted by Gasteiger charge is 2.30. The quantitative estimate of drug-likeness (QED) is 0.644. The minimum atomic E-state index is -4.45. The molecule has 0 spiro atoms. The number of hydrogen-bond acceptors (Lipinski definition) is 4. The SMILES string of the molecule is CCOC(=O)CN(Cc1ccc(C(F)(F)F)cc1)C(=O)CN1CCCCCC1=O. The Morgan fingerprint density at radius 1 is 1.14 bits per heavy atom. The molecule has 0 atom stereocenters. The molecule has 0 unspecified atom stereocenters. The lowest BCUT2D eigenvalue weighted by atomic mass is 10.1. The summed E-state index contributed by atoms with van der Waals surface area (Å²) < 4.78 is 43.1.